The summed E-state index contributed by atoms with van der Waals surface area (Å²) < 4.78 is 24.9. The molecule has 4 aliphatic heterocycles. The molecule has 3 saturated heterocycles. The molecule has 3 unspecified atom stereocenters. The minimum Gasteiger partial charge on any atom is -0.392 e. The molecule has 1 spiro atoms. The van der Waals surface area contributed by atoms with Crippen molar-refractivity contribution < 1.29 is 33.6 Å². The van der Waals surface area contributed by atoms with Crippen LogP contribution in [0.4, 0.5) is 5.69 Å². The van der Waals surface area contributed by atoms with Crippen molar-refractivity contribution in [3.8, 4) is 0 Å². The van der Waals surface area contributed by atoms with Crippen LogP contribution < -0.4 is 4.90 Å². The van der Waals surface area contributed by atoms with Crippen LogP contribution >= 0.6 is 0 Å². The van der Waals surface area contributed by atoms with Crippen molar-refractivity contribution >= 4 is 17.5 Å². The highest BCUT2D eigenvalue weighted by Gasteiger charge is 2.41. The Morgan fingerprint density at radius 2 is 1.50 bits per heavy atom. The van der Waals surface area contributed by atoms with Gasteiger partial charge in [0.2, 0.25) is 0 Å². The van der Waals surface area contributed by atoms with Gasteiger partial charge in [-0.25, -0.2) is 4.90 Å². The van der Waals surface area contributed by atoms with Gasteiger partial charge in [0.1, 0.15) is 0 Å². The fraction of sp³-hybridized carbons (Fsp3) is 0.394. The van der Waals surface area contributed by atoms with Crippen LogP contribution in [-0.4, -0.2) is 66.6 Å². The van der Waals surface area contributed by atoms with Crippen molar-refractivity contribution in [3.63, 3.8) is 0 Å². The number of piperidine rings is 1. The van der Waals surface area contributed by atoms with E-state index in [1.807, 2.05) is 36.4 Å². The maximum absolute atomic E-state index is 13.2. The molecule has 7 rings (SSSR count). The number of anilines is 1. The summed E-state index contributed by atoms with van der Waals surface area (Å²) in [6.07, 6.45) is 1.28. The van der Waals surface area contributed by atoms with E-state index in [1.165, 1.54) is 4.90 Å². The number of carbonyl (C=O) groups is 2. The van der Waals surface area contributed by atoms with Gasteiger partial charge in [-0.2, -0.15) is 0 Å². The van der Waals surface area contributed by atoms with Crippen molar-refractivity contribution in [2.45, 2.75) is 50.2 Å². The van der Waals surface area contributed by atoms with Gasteiger partial charge >= 0.3 is 0 Å². The average Bonchev–Trinajstić information content (AvgIpc) is 3.60. The average molecular weight is 571 g/mol. The number of rotatable bonds is 6. The molecule has 3 atom stereocenters. The number of carbonyl (C=O) groups excluding carboxylic acids is 2. The number of amides is 2. The molecular weight excluding hydrogens is 536 g/mol. The van der Waals surface area contributed by atoms with Gasteiger partial charge in [-0.05, 0) is 35.4 Å². The standard InChI is InChI=1S/C33H34N2O7/c36-21-22-8-10-23(11-9-22)29-19-26(20-34-14-12-33(13-15-34)39-16-17-40-33)41-32(42-29)24-4-3-5-25(18-24)35-30(37)27-6-1-2-7-28(27)31(35)38/h1-11,18,26,29,32,36H,12-17,19-21H2. The quantitative estimate of drug-likeness (QED) is 0.437. The lowest BCUT2D eigenvalue weighted by atomic mass is 9.98. The summed E-state index contributed by atoms with van der Waals surface area (Å²) in [5, 5.41) is 9.51. The number of likely N-dealkylation sites (tertiary alicyclic amines) is 1. The van der Waals surface area contributed by atoms with Crippen LogP contribution in [0.1, 0.15) is 69.1 Å². The molecule has 0 saturated carbocycles. The Morgan fingerprint density at radius 3 is 2.17 bits per heavy atom. The molecular formula is C33H34N2O7. The molecule has 3 aromatic rings. The van der Waals surface area contributed by atoms with E-state index in [0.29, 0.717) is 36.4 Å². The summed E-state index contributed by atoms with van der Waals surface area (Å²) in [6, 6.07) is 22.0. The number of aliphatic hydroxyl groups excluding tert-OH is 1. The molecule has 4 aliphatic rings. The topological polar surface area (TPSA) is 97.8 Å². The van der Waals surface area contributed by atoms with E-state index in [0.717, 1.165) is 49.2 Å². The lowest BCUT2D eigenvalue weighted by Gasteiger charge is -2.42. The van der Waals surface area contributed by atoms with Crippen LogP contribution in [0.25, 0.3) is 0 Å². The maximum atomic E-state index is 13.2. The molecule has 0 radical (unpaired) electrons. The molecule has 218 valence electrons. The first kappa shape index (κ1) is 27.4. The number of hydrogen-bond donors (Lipinski definition) is 1. The summed E-state index contributed by atoms with van der Waals surface area (Å²) in [5.41, 5.74) is 3.87. The first-order valence-corrected chi connectivity index (χ1v) is 14.6. The summed E-state index contributed by atoms with van der Waals surface area (Å²) in [4.78, 5) is 29.9. The molecule has 3 fully saturated rings. The summed E-state index contributed by atoms with van der Waals surface area (Å²) >= 11 is 0. The van der Waals surface area contributed by atoms with Gasteiger partial charge in [-0.1, -0.05) is 48.5 Å². The second kappa shape index (κ2) is 11.3. The molecule has 9 heteroatoms. The molecule has 0 aliphatic carbocycles. The summed E-state index contributed by atoms with van der Waals surface area (Å²) in [6.45, 7) is 3.74. The molecule has 1 N–H and O–H groups in total. The van der Waals surface area contributed by atoms with Crippen LogP contribution in [0, 0.1) is 0 Å². The van der Waals surface area contributed by atoms with Crippen molar-refractivity contribution in [1.29, 1.82) is 0 Å². The van der Waals surface area contributed by atoms with Crippen molar-refractivity contribution in [3.05, 3.63) is 101 Å². The molecule has 2 amide bonds. The largest absolute Gasteiger partial charge is 0.392 e. The highest BCUT2D eigenvalue weighted by Crippen LogP contribution is 2.40. The lowest BCUT2D eigenvalue weighted by molar-refractivity contribution is -0.255. The number of benzene rings is 3. The van der Waals surface area contributed by atoms with E-state index < -0.39 is 12.1 Å². The Morgan fingerprint density at radius 1 is 0.810 bits per heavy atom. The highest BCUT2D eigenvalue weighted by atomic mass is 16.7. The third-order valence-corrected chi connectivity index (χ3v) is 8.70. The van der Waals surface area contributed by atoms with E-state index in [4.69, 9.17) is 18.9 Å². The number of aliphatic hydroxyl groups is 1. The Hall–Kier alpha value is -3.44. The van der Waals surface area contributed by atoms with Crippen LogP contribution in [0.15, 0.2) is 72.8 Å². The van der Waals surface area contributed by atoms with E-state index in [1.54, 1.807) is 36.4 Å². The zero-order chi connectivity index (χ0) is 28.7. The number of nitrogens with zero attached hydrogens (tertiary/aromatic N) is 2. The van der Waals surface area contributed by atoms with Gasteiger partial charge in [0.25, 0.3) is 11.8 Å². The number of imide groups is 1. The van der Waals surface area contributed by atoms with Gasteiger partial charge in [-0.15, -0.1) is 0 Å². The SMILES string of the molecule is O=C1c2ccccc2C(=O)N1c1cccc(C2OC(CN3CCC4(CC3)OCCO4)CC(c3ccc(CO)cc3)O2)c1. The molecule has 0 bridgehead atoms. The van der Waals surface area contributed by atoms with E-state index in [9.17, 15) is 14.7 Å². The normalized spacial score (nSPS) is 25.7. The van der Waals surface area contributed by atoms with E-state index in [-0.39, 0.29) is 30.6 Å². The van der Waals surface area contributed by atoms with Crippen molar-refractivity contribution in [1.82, 2.24) is 4.90 Å². The second-order valence-corrected chi connectivity index (χ2v) is 11.3. The Bertz CT molecular complexity index is 1420. The zero-order valence-electron chi connectivity index (χ0n) is 23.3. The minimum absolute atomic E-state index is 0.0192. The first-order valence-electron chi connectivity index (χ1n) is 14.6. The molecule has 3 aromatic carbocycles. The Labute approximate surface area is 244 Å². The number of hydrogen-bond acceptors (Lipinski definition) is 8. The first-order chi connectivity index (χ1) is 20.5. The van der Waals surface area contributed by atoms with Crippen LogP contribution in [0.2, 0.25) is 0 Å². The minimum atomic E-state index is -0.695. The number of fused-ring (bicyclic) bond motifs is 1. The summed E-state index contributed by atoms with van der Waals surface area (Å²) in [5.74, 6) is -1.11. The molecule has 42 heavy (non-hydrogen) atoms. The van der Waals surface area contributed by atoms with Crippen LogP contribution in [0.5, 0.6) is 0 Å². The predicted octanol–water partition coefficient (Wildman–Crippen LogP) is 4.36. The third-order valence-electron chi connectivity index (χ3n) is 8.70. The smallest absolute Gasteiger partial charge is 0.266 e. The zero-order valence-corrected chi connectivity index (χ0v) is 23.3. The van der Waals surface area contributed by atoms with Gasteiger partial charge < -0.3 is 29.0 Å². The van der Waals surface area contributed by atoms with E-state index in [2.05, 4.69) is 4.90 Å². The molecule has 4 heterocycles. The third kappa shape index (κ3) is 5.17. The Kier molecular flexibility index (Phi) is 7.39. The maximum Gasteiger partial charge on any atom is 0.266 e. The highest BCUT2D eigenvalue weighted by molar-refractivity contribution is 6.34. The van der Waals surface area contributed by atoms with Gasteiger partial charge in [-0.3, -0.25) is 9.59 Å². The van der Waals surface area contributed by atoms with Crippen molar-refractivity contribution in [2.75, 3.05) is 37.7 Å². The second-order valence-electron chi connectivity index (χ2n) is 11.3. The predicted molar refractivity (Wildman–Crippen MR) is 153 cm³/mol. The lowest BCUT2D eigenvalue weighted by Crippen LogP contribution is -2.48. The van der Waals surface area contributed by atoms with Gasteiger partial charge in [0.05, 0.1) is 48.8 Å². The monoisotopic (exact) mass is 570 g/mol. The van der Waals surface area contributed by atoms with Gasteiger partial charge in [0, 0.05) is 44.5 Å². The van der Waals surface area contributed by atoms with Crippen LogP contribution in [-0.2, 0) is 25.6 Å². The van der Waals surface area contributed by atoms with Crippen LogP contribution in [0.3, 0.4) is 0 Å². The van der Waals surface area contributed by atoms with Gasteiger partial charge in [0.15, 0.2) is 12.1 Å². The fourth-order valence-corrected chi connectivity index (χ4v) is 6.42. The molecule has 9 nitrogen and oxygen atoms in total. The molecule has 0 aromatic heterocycles. The van der Waals surface area contributed by atoms with Crippen molar-refractivity contribution in [2.24, 2.45) is 0 Å². The van der Waals surface area contributed by atoms with E-state index >= 15 is 0 Å². The Balaban J connectivity index is 1.13. The fourth-order valence-electron chi connectivity index (χ4n) is 6.42. The number of ether oxygens (including phenoxy) is 4. The summed E-state index contributed by atoms with van der Waals surface area (Å²) in [7, 11) is 0.